The zero-order chi connectivity index (χ0) is 14.6. The number of carbonyl (C=O) groups excluding carboxylic acids is 1. The minimum Gasteiger partial charge on any atom is -0.463 e. The van der Waals surface area contributed by atoms with E-state index in [1.54, 1.807) is 0 Å². The molecule has 1 fully saturated rings. The number of methoxy groups -OCH3 is 1. The van der Waals surface area contributed by atoms with Crippen LogP contribution in [0.25, 0.3) is 0 Å². The van der Waals surface area contributed by atoms with Gasteiger partial charge in [0.1, 0.15) is 5.82 Å². The third kappa shape index (κ3) is 3.26. The Morgan fingerprint density at radius 3 is 2.70 bits per heavy atom. The van der Waals surface area contributed by atoms with Crippen LogP contribution in [0.15, 0.2) is 6.07 Å². The first-order valence-electron chi connectivity index (χ1n) is 7.26. The second-order valence-electron chi connectivity index (χ2n) is 5.62. The van der Waals surface area contributed by atoms with Crippen molar-refractivity contribution in [1.82, 2.24) is 9.97 Å². The van der Waals surface area contributed by atoms with Crippen LogP contribution in [-0.4, -0.2) is 29.6 Å². The molecule has 1 aliphatic carbocycles. The number of aryl methyl sites for hydroxylation is 1. The van der Waals surface area contributed by atoms with Crippen LogP contribution in [0.4, 0.5) is 5.82 Å². The molecule has 0 unspecified atom stereocenters. The highest BCUT2D eigenvalue weighted by Crippen LogP contribution is 2.40. The molecule has 1 heterocycles. The van der Waals surface area contributed by atoms with Crippen LogP contribution in [-0.2, 0) is 4.74 Å². The van der Waals surface area contributed by atoms with Gasteiger partial charge in [-0.05, 0) is 31.6 Å². The molecule has 20 heavy (non-hydrogen) atoms. The first-order valence-corrected chi connectivity index (χ1v) is 7.26. The lowest BCUT2D eigenvalue weighted by Gasteiger charge is -2.28. The van der Waals surface area contributed by atoms with Gasteiger partial charge in [0.05, 0.1) is 7.11 Å². The Labute approximate surface area is 120 Å². The highest BCUT2D eigenvalue weighted by atomic mass is 16.5. The number of hydrogen-bond donors (Lipinski definition) is 1. The number of nitrogens with zero attached hydrogens (tertiary/aromatic N) is 2. The number of rotatable bonds is 5. The molecule has 0 atom stereocenters. The SMILES string of the molecule is CCC1(CNc2cc(C)nc(C(=O)OC)n2)CCCC1. The second-order valence-corrected chi connectivity index (χ2v) is 5.62. The van der Waals surface area contributed by atoms with Crippen molar-refractivity contribution >= 4 is 11.8 Å². The molecule has 0 amide bonds. The number of aromatic nitrogens is 2. The number of anilines is 1. The maximum absolute atomic E-state index is 11.5. The predicted molar refractivity (Wildman–Crippen MR) is 77.8 cm³/mol. The molecule has 0 aliphatic heterocycles. The number of nitrogens with one attached hydrogen (secondary N) is 1. The highest BCUT2D eigenvalue weighted by Gasteiger charge is 2.31. The van der Waals surface area contributed by atoms with Crippen molar-refractivity contribution in [2.24, 2.45) is 5.41 Å². The fraction of sp³-hybridized carbons (Fsp3) is 0.667. The van der Waals surface area contributed by atoms with E-state index in [1.165, 1.54) is 39.2 Å². The number of esters is 1. The van der Waals surface area contributed by atoms with E-state index in [-0.39, 0.29) is 5.82 Å². The third-order valence-electron chi connectivity index (χ3n) is 4.28. The summed E-state index contributed by atoms with van der Waals surface area (Å²) in [6.07, 6.45) is 6.33. The quantitative estimate of drug-likeness (QED) is 0.838. The first-order chi connectivity index (χ1) is 9.58. The van der Waals surface area contributed by atoms with Gasteiger partial charge in [0, 0.05) is 18.3 Å². The fourth-order valence-electron chi connectivity index (χ4n) is 2.90. The monoisotopic (exact) mass is 277 g/mol. The van der Waals surface area contributed by atoms with Crippen LogP contribution in [0.3, 0.4) is 0 Å². The number of hydrogen-bond acceptors (Lipinski definition) is 5. The van der Waals surface area contributed by atoms with Crippen molar-refractivity contribution < 1.29 is 9.53 Å². The van der Waals surface area contributed by atoms with E-state index in [9.17, 15) is 4.79 Å². The van der Waals surface area contributed by atoms with Gasteiger partial charge in [-0.25, -0.2) is 14.8 Å². The maximum Gasteiger partial charge on any atom is 0.376 e. The number of carbonyl (C=O) groups is 1. The highest BCUT2D eigenvalue weighted by molar-refractivity contribution is 5.85. The smallest absolute Gasteiger partial charge is 0.376 e. The lowest BCUT2D eigenvalue weighted by molar-refractivity contribution is 0.0586. The van der Waals surface area contributed by atoms with Crippen molar-refractivity contribution in [3.8, 4) is 0 Å². The molecule has 0 bridgehead atoms. The molecule has 5 nitrogen and oxygen atoms in total. The average molecular weight is 277 g/mol. The molecule has 2 rings (SSSR count). The van der Waals surface area contributed by atoms with Crippen molar-refractivity contribution in [2.75, 3.05) is 19.0 Å². The van der Waals surface area contributed by atoms with Gasteiger partial charge in [-0.2, -0.15) is 0 Å². The number of ether oxygens (including phenoxy) is 1. The van der Waals surface area contributed by atoms with Crippen LogP contribution in [0.1, 0.15) is 55.3 Å². The summed E-state index contributed by atoms with van der Waals surface area (Å²) in [7, 11) is 1.34. The molecule has 110 valence electrons. The summed E-state index contributed by atoms with van der Waals surface area (Å²) in [5.74, 6) is 0.326. The molecule has 0 spiro atoms. The normalized spacial score (nSPS) is 16.9. The maximum atomic E-state index is 11.5. The van der Waals surface area contributed by atoms with Crippen LogP contribution in [0.2, 0.25) is 0 Å². The van der Waals surface area contributed by atoms with E-state index >= 15 is 0 Å². The van der Waals surface area contributed by atoms with Gasteiger partial charge in [-0.15, -0.1) is 0 Å². The van der Waals surface area contributed by atoms with E-state index in [1.807, 2.05) is 13.0 Å². The summed E-state index contributed by atoms with van der Waals surface area (Å²) in [6.45, 7) is 5.00. The summed E-state index contributed by atoms with van der Waals surface area (Å²) in [5, 5.41) is 3.38. The molecular weight excluding hydrogens is 254 g/mol. The average Bonchev–Trinajstić information content (AvgIpc) is 2.93. The van der Waals surface area contributed by atoms with Crippen LogP contribution in [0.5, 0.6) is 0 Å². The summed E-state index contributed by atoms with van der Waals surface area (Å²) < 4.78 is 4.67. The Hall–Kier alpha value is -1.65. The Balaban J connectivity index is 2.09. The van der Waals surface area contributed by atoms with E-state index < -0.39 is 5.97 Å². The standard InChI is InChI=1S/C15H23N3O2/c1-4-15(7-5-6-8-15)10-16-12-9-11(2)17-13(18-12)14(19)20-3/h9H,4-8,10H2,1-3H3,(H,16,17,18). The van der Waals surface area contributed by atoms with Crippen LogP contribution in [0, 0.1) is 12.3 Å². The molecule has 0 aromatic carbocycles. The Morgan fingerprint density at radius 1 is 1.40 bits per heavy atom. The second kappa shape index (κ2) is 6.20. The molecule has 1 saturated carbocycles. The van der Waals surface area contributed by atoms with E-state index in [4.69, 9.17) is 0 Å². The van der Waals surface area contributed by atoms with Crippen molar-refractivity contribution in [3.05, 3.63) is 17.6 Å². The van der Waals surface area contributed by atoms with Crippen molar-refractivity contribution in [2.45, 2.75) is 46.0 Å². The van der Waals surface area contributed by atoms with E-state index in [0.29, 0.717) is 11.2 Å². The summed E-state index contributed by atoms with van der Waals surface area (Å²) in [5.41, 5.74) is 1.14. The summed E-state index contributed by atoms with van der Waals surface area (Å²) in [4.78, 5) is 19.9. The van der Waals surface area contributed by atoms with Crippen molar-refractivity contribution in [1.29, 1.82) is 0 Å². The zero-order valence-electron chi connectivity index (χ0n) is 12.5. The summed E-state index contributed by atoms with van der Waals surface area (Å²) >= 11 is 0. The van der Waals surface area contributed by atoms with Crippen LogP contribution < -0.4 is 5.32 Å². The lowest BCUT2D eigenvalue weighted by atomic mass is 9.83. The molecule has 1 aromatic heterocycles. The Kier molecular flexibility index (Phi) is 4.57. The molecule has 0 radical (unpaired) electrons. The molecule has 1 N–H and O–H groups in total. The van der Waals surface area contributed by atoms with Crippen LogP contribution >= 0.6 is 0 Å². The molecule has 5 heteroatoms. The van der Waals surface area contributed by atoms with Gasteiger partial charge >= 0.3 is 5.97 Å². The van der Waals surface area contributed by atoms with Crippen molar-refractivity contribution in [3.63, 3.8) is 0 Å². The molecule has 0 saturated heterocycles. The van der Waals surface area contributed by atoms with E-state index in [2.05, 4.69) is 26.9 Å². The topological polar surface area (TPSA) is 64.1 Å². The third-order valence-corrected chi connectivity index (χ3v) is 4.28. The molecule has 1 aromatic rings. The van der Waals surface area contributed by atoms with E-state index in [0.717, 1.165) is 12.2 Å². The fourth-order valence-corrected chi connectivity index (χ4v) is 2.90. The van der Waals surface area contributed by atoms with Gasteiger partial charge in [0.2, 0.25) is 5.82 Å². The molecule has 1 aliphatic rings. The predicted octanol–water partition coefficient (Wildman–Crippen LogP) is 2.95. The van der Waals surface area contributed by atoms with Gasteiger partial charge in [-0.1, -0.05) is 19.8 Å². The lowest BCUT2D eigenvalue weighted by Crippen LogP contribution is -2.26. The largest absolute Gasteiger partial charge is 0.463 e. The van der Waals surface area contributed by atoms with Gasteiger partial charge in [-0.3, -0.25) is 0 Å². The first kappa shape index (κ1) is 14.8. The Morgan fingerprint density at radius 2 is 2.10 bits per heavy atom. The Bertz CT molecular complexity index is 482. The van der Waals surface area contributed by atoms with Gasteiger partial charge < -0.3 is 10.1 Å². The van der Waals surface area contributed by atoms with Gasteiger partial charge in [0.25, 0.3) is 0 Å². The van der Waals surface area contributed by atoms with Gasteiger partial charge in [0.15, 0.2) is 0 Å². The minimum atomic E-state index is -0.497. The zero-order valence-corrected chi connectivity index (χ0v) is 12.5. The molecular formula is C15H23N3O2. The minimum absolute atomic E-state index is 0.118. The summed E-state index contributed by atoms with van der Waals surface area (Å²) in [6, 6.07) is 1.87.